The Hall–Kier alpha value is -2.28. The van der Waals surface area contributed by atoms with E-state index >= 15 is 0 Å². The monoisotopic (exact) mass is 331 g/mol. The molecular formula is C16H17N3O3S. The molecule has 0 aliphatic carbocycles. The maximum Gasteiger partial charge on any atom is 0.257 e. The maximum atomic E-state index is 12.5. The fourth-order valence-corrected chi connectivity index (χ4v) is 3.45. The van der Waals surface area contributed by atoms with Crippen molar-refractivity contribution in [3.8, 4) is 5.75 Å². The number of hydrogen-bond acceptors (Lipinski definition) is 5. The quantitative estimate of drug-likeness (QED) is 0.870. The van der Waals surface area contributed by atoms with Gasteiger partial charge in [-0.2, -0.15) is 0 Å². The number of fused-ring (bicyclic) bond motifs is 1. The number of benzene rings is 1. The summed E-state index contributed by atoms with van der Waals surface area (Å²) in [4.78, 5) is 28.9. The van der Waals surface area contributed by atoms with Crippen LogP contribution in [0.25, 0.3) is 0 Å². The topological polar surface area (TPSA) is 73.2 Å². The fraction of sp³-hybridized carbons (Fsp3) is 0.312. The van der Waals surface area contributed by atoms with E-state index < -0.39 is 0 Å². The third-order valence-corrected chi connectivity index (χ3v) is 4.86. The molecule has 0 saturated carbocycles. The van der Waals surface area contributed by atoms with Crippen LogP contribution in [-0.4, -0.2) is 28.3 Å². The van der Waals surface area contributed by atoms with Crippen LogP contribution in [0.4, 0.5) is 5.69 Å². The van der Waals surface area contributed by atoms with Gasteiger partial charge in [0.05, 0.1) is 13.0 Å². The largest absolute Gasteiger partial charge is 0.497 e. The van der Waals surface area contributed by atoms with Gasteiger partial charge in [-0.05, 0) is 19.1 Å². The summed E-state index contributed by atoms with van der Waals surface area (Å²) in [5.41, 5.74) is 1.18. The lowest BCUT2D eigenvalue weighted by molar-refractivity contribution is -0.119. The molecule has 7 heteroatoms. The number of carbonyl (C=O) groups is 1. The van der Waals surface area contributed by atoms with E-state index in [2.05, 4.69) is 10.3 Å². The number of carbonyl (C=O) groups excluding carboxylic acids is 1. The van der Waals surface area contributed by atoms with Crippen LogP contribution < -0.4 is 15.6 Å². The Morgan fingerprint density at radius 2 is 2.30 bits per heavy atom. The number of amides is 1. The molecule has 23 heavy (non-hydrogen) atoms. The molecule has 1 aliphatic heterocycles. The predicted octanol–water partition coefficient (Wildman–Crippen LogP) is 1.92. The van der Waals surface area contributed by atoms with Crippen molar-refractivity contribution in [2.45, 2.75) is 18.6 Å². The Morgan fingerprint density at radius 1 is 1.48 bits per heavy atom. The normalized spacial score (nSPS) is 16.5. The zero-order chi connectivity index (χ0) is 16.4. The third kappa shape index (κ3) is 3.24. The molecular weight excluding hydrogens is 314 g/mol. The van der Waals surface area contributed by atoms with E-state index in [0.29, 0.717) is 34.5 Å². The van der Waals surface area contributed by atoms with Crippen molar-refractivity contribution < 1.29 is 9.53 Å². The van der Waals surface area contributed by atoms with E-state index in [1.54, 1.807) is 30.9 Å². The minimum Gasteiger partial charge on any atom is -0.497 e. The zero-order valence-electron chi connectivity index (χ0n) is 12.9. The van der Waals surface area contributed by atoms with Crippen molar-refractivity contribution in [2.24, 2.45) is 5.92 Å². The Kier molecular flexibility index (Phi) is 4.38. The first kappa shape index (κ1) is 15.6. The second-order valence-electron chi connectivity index (χ2n) is 5.37. The lowest BCUT2D eigenvalue weighted by Crippen LogP contribution is -2.37. The van der Waals surface area contributed by atoms with Crippen molar-refractivity contribution >= 4 is 23.4 Å². The van der Waals surface area contributed by atoms with E-state index in [1.807, 2.05) is 18.2 Å². The average molecular weight is 331 g/mol. The van der Waals surface area contributed by atoms with Crippen LogP contribution in [0.5, 0.6) is 5.75 Å². The van der Waals surface area contributed by atoms with Gasteiger partial charge in [0, 0.05) is 35.8 Å². The molecule has 0 saturated heterocycles. The van der Waals surface area contributed by atoms with Crippen LogP contribution in [0.15, 0.2) is 40.4 Å². The van der Waals surface area contributed by atoms with Crippen LogP contribution in [-0.2, 0) is 11.3 Å². The van der Waals surface area contributed by atoms with Crippen molar-refractivity contribution in [2.75, 3.05) is 18.2 Å². The Morgan fingerprint density at radius 3 is 3.09 bits per heavy atom. The molecule has 0 fully saturated rings. The summed E-state index contributed by atoms with van der Waals surface area (Å²) < 4.78 is 6.73. The van der Waals surface area contributed by atoms with Crippen molar-refractivity contribution in [3.05, 3.63) is 46.4 Å². The molecule has 1 aromatic carbocycles. The lowest BCUT2D eigenvalue weighted by atomic mass is 10.1. The molecule has 1 unspecified atom stereocenters. The number of thioether (sulfide) groups is 1. The van der Waals surface area contributed by atoms with Crippen molar-refractivity contribution in [1.29, 1.82) is 0 Å². The molecule has 6 nitrogen and oxygen atoms in total. The lowest BCUT2D eigenvalue weighted by Gasteiger charge is -2.24. The highest BCUT2D eigenvalue weighted by molar-refractivity contribution is 7.99. The average Bonchev–Trinajstić information content (AvgIpc) is 2.58. The smallest absolute Gasteiger partial charge is 0.257 e. The van der Waals surface area contributed by atoms with E-state index in [0.717, 1.165) is 0 Å². The number of nitrogens with one attached hydrogen (secondary N) is 1. The Labute approximate surface area is 137 Å². The number of rotatable bonds is 3. The molecule has 2 aromatic rings. The molecule has 0 bridgehead atoms. The first-order valence-corrected chi connectivity index (χ1v) is 8.21. The number of anilines is 1. The highest BCUT2D eigenvalue weighted by Gasteiger charge is 2.27. The molecule has 1 aromatic heterocycles. The molecule has 1 amide bonds. The summed E-state index contributed by atoms with van der Waals surface area (Å²) in [6.07, 6.45) is 1.58. The van der Waals surface area contributed by atoms with Gasteiger partial charge in [-0.25, -0.2) is 4.98 Å². The van der Waals surface area contributed by atoms with E-state index in [1.165, 1.54) is 11.8 Å². The van der Waals surface area contributed by atoms with Crippen molar-refractivity contribution in [1.82, 2.24) is 9.55 Å². The minimum absolute atomic E-state index is 0.0821. The molecule has 1 aliphatic rings. The molecule has 3 rings (SSSR count). The second kappa shape index (κ2) is 6.45. The summed E-state index contributed by atoms with van der Waals surface area (Å²) in [6, 6.07) is 7.20. The number of ether oxygens (including phenoxy) is 1. The van der Waals surface area contributed by atoms with E-state index in [9.17, 15) is 9.59 Å². The Balaban J connectivity index is 1.76. The van der Waals surface area contributed by atoms with Gasteiger partial charge in [0.1, 0.15) is 5.75 Å². The third-order valence-electron chi connectivity index (χ3n) is 3.71. The summed E-state index contributed by atoms with van der Waals surface area (Å²) in [7, 11) is 1.58. The van der Waals surface area contributed by atoms with E-state index in [-0.39, 0.29) is 17.4 Å². The summed E-state index contributed by atoms with van der Waals surface area (Å²) in [6.45, 7) is 2.08. The number of hydrogen-bond donors (Lipinski definition) is 1. The van der Waals surface area contributed by atoms with Crippen LogP contribution in [0.1, 0.15) is 5.56 Å². The highest BCUT2D eigenvalue weighted by atomic mass is 32.2. The molecule has 1 atom stereocenters. The number of methoxy groups -OCH3 is 1. The second-order valence-corrected chi connectivity index (χ2v) is 6.36. The van der Waals surface area contributed by atoms with Gasteiger partial charge in [0.15, 0.2) is 5.16 Å². The first-order valence-electron chi connectivity index (χ1n) is 7.22. The number of aromatic nitrogens is 2. The SMILES string of the molecule is COc1cccc(NC(=O)C2CSc3ncc(C)c(=O)n3C2)c1. The molecule has 0 spiro atoms. The molecule has 2 heterocycles. The molecule has 0 radical (unpaired) electrons. The van der Waals surface area contributed by atoms with Crippen LogP contribution in [0.2, 0.25) is 0 Å². The van der Waals surface area contributed by atoms with Gasteiger partial charge in [0.2, 0.25) is 5.91 Å². The fourth-order valence-electron chi connectivity index (χ4n) is 2.40. The van der Waals surface area contributed by atoms with E-state index in [4.69, 9.17) is 4.74 Å². The summed E-state index contributed by atoms with van der Waals surface area (Å²) in [5, 5.41) is 3.56. The maximum absolute atomic E-state index is 12.5. The van der Waals surface area contributed by atoms with Gasteiger partial charge in [-0.1, -0.05) is 17.8 Å². The molecule has 120 valence electrons. The summed E-state index contributed by atoms with van der Waals surface area (Å²) >= 11 is 1.43. The standard InChI is InChI=1S/C16H17N3O3S/c1-10-7-17-16-19(15(10)21)8-11(9-23-16)14(20)18-12-4-3-5-13(6-12)22-2/h3-7,11H,8-9H2,1-2H3,(H,18,20). The number of nitrogens with zero attached hydrogens (tertiary/aromatic N) is 2. The van der Waals surface area contributed by atoms with Crippen molar-refractivity contribution in [3.63, 3.8) is 0 Å². The van der Waals surface area contributed by atoms with Gasteiger partial charge >= 0.3 is 0 Å². The van der Waals surface area contributed by atoms with Crippen LogP contribution >= 0.6 is 11.8 Å². The van der Waals surface area contributed by atoms with Crippen LogP contribution in [0, 0.1) is 12.8 Å². The highest BCUT2D eigenvalue weighted by Crippen LogP contribution is 2.26. The van der Waals surface area contributed by atoms with Gasteiger partial charge in [0.25, 0.3) is 5.56 Å². The minimum atomic E-state index is -0.278. The van der Waals surface area contributed by atoms with Gasteiger partial charge in [-0.15, -0.1) is 0 Å². The molecule has 1 N–H and O–H groups in total. The number of aryl methyl sites for hydroxylation is 1. The van der Waals surface area contributed by atoms with Crippen LogP contribution in [0.3, 0.4) is 0 Å². The Bertz CT molecular complexity index is 803. The summed E-state index contributed by atoms with van der Waals surface area (Å²) in [5.74, 6) is 0.901. The predicted molar refractivity (Wildman–Crippen MR) is 89.1 cm³/mol. The van der Waals surface area contributed by atoms with Gasteiger partial charge < -0.3 is 10.1 Å². The van der Waals surface area contributed by atoms with Gasteiger partial charge in [-0.3, -0.25) is 14.2 Å². The zero-order valence-corrected chi connectivity index (χ0v) is 13.7. The first-order chi connectivity index (χ1) is 11.1.